The van der Waals surface area contributed by atoms with Crippen molar-refractivity contribution >= 4 is 55.1 Å². The third-order valence-corrected chi connectivity index (χ3v) is 8.65. The van der Waals surface area contributed by atoms with Gasteiger partial charge in [-0.3, -0.25) is 13.9 Å². The maximum Gasteiger partial charge on any atom is 0.264 e. The molecule has 0 bridgehead atoms. The number of anilines is 1. The molecule has 3 aromatic rings. The van der Waals surface area contributed by atoms with Gasteiger partial charge in [0.25, 0.3) is 10.0 Å². The molecule has 2 amide bonds. The standard InChI is InChI=1S/C27H29BrClN3O4S/c1-18-8-11-24(14-19(18)2)32(37(35,36)25-12-9-23(29)10-13-25)17-26(33)31(20(3)27(34)30-4)16-21-6-5-7-22(28)15-21/h5-15,20H,16-17H2,1-4H3,(H,30,34). The zero-order valence-corrected chi connectivity index (χ0v) is 24.2. The molecule has 37 heavy (non-hydrogen) atoms. The summed E-state index contributed by atoms with van der Waals surface area (Å²) in [5.74, 6) is -0.881. The Morgan fingerprint density at radius 1 is 1.00 bits per heavy atom. The van der Waals surface area contributed by atoms with Gasteiger partial charge in [-0.05, 0) is 86.0 Å². The molecule has 10 heteroatoms. The van der Waals surface area contributed by atoms with E-state index in [1.807, 2.05) is 44.2 Å². The molecule has 3 rings (SSSR count). The number of nitrogens with one attached hydrogen (secondary N) is 1. The maximum absolute atomic E-state index is 13.8. The van der Waals surface area contributed by atoms with Gasteiger partial charge in [0.05, 0.1) is 10.6 Å². The topological polar surface area (TPSA) is 86.8 Å². The fourth-order valence-corrected chi connectivity index (χ4v) is 5.75. The van der Waals surface area contributed by atoms with Gasteiger partial charge in [0, 0.05) is 23.1 Å². The fraction of sp³-hybridized carbons (Fsp3) is 0.259. The lowest BCUT2D eigenvalue weighted by Crippen LogP contribution is -2.50. The van der Waals surface area contributed by atoms with Gasteiger partial charge in [0.15, 0.2) is 0 Å². The lowest BCUT2D eigenvalue weighted by molar-refractivity contribution is -0.139. The van der Waals surface area contributed by atoms with Crippen LogP contribution in [0.2, 0.25) is 5.02 Å². The monoisotopic (exact) mass is 605 g/mol. The van der Waals surface area contributed by atoms with Gasteiger partial charge >= 0.3 is 0 Å². The number of amides is 2. The van der Waals surface area contributed by atoms with Crippen LogP contribution in [0.4, 0.5) is 5.69 Å². The zero-order valence-electron chi connectivity index (χ0n) is 21.0. The van der Waals surface area contributed by atoms with E-state index in [0.717, 1.165) is 25.5 Å². The summed E-state index contributed by atoms with van der Waals surface area (Å²) in [6.07, 6.45) is 0. The van der Waals surface area contributed by atoms with E-state index >= 15 is 0 Å². The molecule has 0 aliphatic heterocycles. The summed E-state index contributed by atoms with van der Waals surface area (Å²) < 4.78 is 29.5. The Kier molecular flexibility index (Phi) is 9.39. The van der Waals surface area contributed by atoms with E-state index < -0.39 is 28.5 Å². The van der Waals surface area contributed by atoms with Gasteiger partial charge < -0.3 is 10.2 Å². The van der Waals surface area contributed by atoms with E-state index in [-0.39, 0.29) is 17.3 Å². The van der Waals surface area contributed by atoms with Crippen LogP contribution in [0.15, 0.2) is 76.1 Å². The SMILES string of the molecule is CNC(=O)C(C)N(Cc1cccc(Br)c1)C(=O)CN(c1ccc(C)c(C)c1)S(=O)(=O)c1ccc(Cl)cc1. The fourth-order valence-electron chi connectivity index (χ4n) is 3.77. The van der Waals surface area contributed by atoms with E-state index in [1.54, 1.807) is 19.1 Å². The smallest absolute Gasteiger partial charge is 0.264 e. The molecule has 7 nitrogen and oxygen atoms in total. The number of sulfonamides is 1. The first-order chi connectivity index (χ1) is 17.4. The van der Waals surface area contributed by atoms with Gasteiger partial charge in [-0.15, -0.1) is 0 Å². The molecule has 0 aromatic heterocycles. The number of halogens is 2. The molecule has 0 fully saturated rings. The molecule has 0 heterocycles. The van der Waals surface area contributed by atoms with Gasteiger partial charge in [0.2, 0.25) is 11.8 Å². The van der Waals surface area contributed by atoms with E-state index in [1.165, 1.54) is 36.2 Å². The number of aryl methyl sites for hydroxylation is 2. The third-order valence-electron chi connectivity index (χ3n) is 6.11. The molecule has 0 saturated carbocycles. The Morgan fingerprint density at radius 3 is 2.27 bits per heavy atom. The second-order valence-corrected chi connectivity index (χ2v) is 11.9. The molecule has 1 N–H and O–H groups in total. The largest absolute Gasteiger partial charge is 0.357 e. The van der Waals surface area contributed by atoms with Crippen molar-refractivity contribution in [3.8, 4) is 0 Å². The van der Waals surface area contributed by atoms with Crippen molar-refractivity contribution in [2.45, 2.75) is 38.3 Å². The number of hydrogen-bond donors (Lipinski definition) is 1. The van der Waals surface area contributed by atoms with Gasteiger partial charge in [-0.25, -0.2) is 8.42 Å². The van der Waals surface area contributed by atoms with Gasteiger partial charge in [-0.1, -0.05) is 45.7 Å². The molecule has 0 radical (unpaired) electrons. The second-order valence-electron chi connectivity index (χ2n) is 8.68. The third kappa shape index (κ3) is 6.91. The minimum atomic E-state index is -4.14. The van der Waals surface area contributed by atoms with Crippen LogP contribution in [-0.2, 0) is 26.2 Å². The summed E-state index contributed by atoms with van der Waals surface area (Å²) in [4.78, 5) is 27.7. The normalized spacial score (nSPS) is 12.1. The highest BCUT2D eigenvalue weighted by atomic mass is 79.9. The molecular formula is C27H29BrClN3O4S. The van der Waals surface area contributed by atoms with E-state index in [0.29, 0.717) is 10.7 Å². The summed E-state index contributed by atoms with van der Waals surface area (Å²) in [5.41, 5.74) is 3.01. The van der Waals surface area contributed by atoms with Gasteiger partial charge in [-0.2, -0.15) is 0 Å². The second kappa shape index (κ2) is 12.1. The molecule has 1 unspecified atom stereocenters. The Morgan fingerprint density at radius 2 is 1.68 bits per heavy atom. The quantitative estimate of drug-likeness (QED) is 0.368. The van der Waals surface area contributed by atoms with Crippen LogP contribution in [0.3, 0.4) is 0 Å². The Balaban J connectivity index is 2.06. The molecule has 0 aliphatic carbocycles. The maximum atomic E-state index is 13.8. The molecule has 1 atom stereocenters. The average molecular weight is 607 g/mol. The lowest BCUT2D eigenvalue weighted by atomic mass is 10.1. The number of nitrogens with zero attached hydrogens (tertiary/aromatic N) is 2. The highest BCUT2D eigenvalue weighted by Gasteiger charge is 2.32. The first kappa shape index (κ1) is 28.7. The van der Waals surface area contributed by atoms with Crippen molar-refractivity contribution in [1.82, 2.24) is 10.2 Å². The summed E-state index contributed by atoms with van der Waals surface area (Å²) in [6, 6.07) is 17.5. The number of likely N-dealkylation sites (N-methyl/N-ethyl adjacent to an activating group) is 1. The van der Waals surface area contributed by atoms with E-state index in [9.17, 15) is 18.0 Å². The first-order valence-electron chi connectivity index (χ1n) is 11.5. The molecule has 0 aliphatic rings. The minimum absolute atomic E-state index is 0.000757. The Hall–Kier alpha value is -2.88. The van der Waals surface area contributed by atoms with Crippen LogP contribution < -0.4 is 9.62 Å². The number of rotatable bonds is 9. The van der Waals surface area contributed by atoms with Crippen molar-refractivity contribution in [3.05, 3.63) is 92.9 Å². The van der Waals surface area contributed by atoms with Crippen molar-refractivity contribution in [3.63, 3.8) is 0 Å². The molecule has 196 valence electrons. The molecule has 0 spiro atoms. The predicted octanol–water partition coefficient (Wildman–Crippen LogP) is 5.08. The highest BCUT2D eigenvalue weighted by Crippen LogP contribution is 2.27. The Bertz CT molecular complexity index is 1400. The van der Waals surface area contributed by atoms with E-state index in [2.05, 4.69) is 21.2 Å². The van der Waals surface area contributed by atoms with Crippen molar-refractivity contribution in [1.29, 1.82) is 0 Å². The predicted molar refractivity (Wildman–Crippen MR) is 150 cm³/mol. The summed E-state index contributed by atoms with van der Waals surface area (Å²) >= 11 is 9.41. The van der Waals surface area contributed by atoms with Crippen LogP contribution in [-0.4, -0.2) is 44.8 Å². The number of benzene rings is 3. The Labute approximate surface area is 231 Å². The number of carbonyl (C=O) groups is 2. The number of hydrogen-bond acceptors (Lipinski definition) is 4. The van der Waals surface area contributed by atoms with Crippen molar-refractivity contribution < 1.29 is 18.0 Å². The summed E-state index contributed by atoms with van der Waals surface area (Å²) in [6.45, 7) is 5.04. The summed E-state index contributed by atoms with van der Waals surface area (Å²) in [5, 5.41) is 2.97. The van der Waals surface area contributed by atoms with E-state index in [4.69, 9.17) is 11.6 Å². The highest BCUT2D eigenvalue weighted by molar-refractivity contribution is 9.10. The molecule has 3 aromatic carbocycles. The number of carbonyl (C=O) groups excluding carboxylic acids is 2. The minimum Gasteiger partial charge on any atom is -0.357 e. The van der Waals surface area contributed by atoms with Crippen LogP contribution >= 0.6 is 27.5 Å². The van der Waals surface area contributed by atoms with Crippen molar-refractivity contribution in [2.24, 2.45) is 0 Å². The van der Waals surface area contributed by atoms with Crippen LogP contribution in [0.1, 0.15) is 23.6 Å². The average Bonchev–Trinajstić information content (AvgIpc) is 2.86. The summed E-state index contributed by atoms with van der Waals surface area (Å²) in [7, 11) is -2.65. The molecule has 0 saturated heterocycles. The first-order valence-corrected chi connectivity index (χ1v) is 14.2. The van der Waals surface area contributed by atoms with Crippen molar-refractivity contribution in [2.75, 3.05) is 17.9 Å². The molecular weight excluding hydrogens is 578 g/mol. The van der Waals surface area contributed by atoms with Crippen LogP contribution in [0, 0.1) is 13.8 Å². The van der Waals surface area contributed by atoms with Gasteiger partial charge in [0.1, 0.15) is 12.6 Å². The van der Waals surface area contributed by atoms with Crippen LogP contribution in [0.25, 0.3) is 0 Å². The zero-order chi connectivity index (χ0) is 27.3. The lowest BCUT2D eigenvalue weighted by Gasteiger charge is -2.32. The van der Waals surface area contributed by atoms with Crippen LogP contribution in [0.5, 0.6) is 0 Å².